The van der Waals surface area contributed by atoms with Gasteiger partial charge in [0.15, 0.2) is 0 Å². The van der Waals surface area contributed by atoms with Gasteiger partial charge in [-0.3, -0.25) is 4.40 Å². The maximum atomic E-state index is 12.9. The summed E-state index contributed by atoms with van der Waals surface area (Å²) in [6, 6.07) is 6.37. The highest BCUT2D eigenvalue weighted by atomic mass is 19.4. The normalized spacial score (nSPS) is 18.7. The average molecular weight is 407 g/mol. The molecule has 0 aliphatic carbocycles. The van der Waals surface area contributed by atoms with Crippen molar-refractivity contribution < 1.29 is 23.0 Å². The van der Waals surface area contributed by atoms with Crippen LogP contribution in [-0.2, 0) is 10.9 Å². The zero-order valence-corrected chi connectivity index (χ0v) is 15.6. The zero-order chi connectivity index (χ0) is 20.6. The van der Waals surface area contributed by atoms with Crippen molar-refractivity contribution in [3.8, 4) is 17.0 Å². The Morgan fingerprint density at radius 3 is 2.83 bits per heavy atom. The van der Waals surface area contributed by atoms with Crippen LogP contribution in [0.15, 0.2) is 36.5 Å². The summed E-state index contributed by atoms with van der Waals surface area (Å²) in [6.07, 6.45) is -2.76. The number of rotatable bonds is 3. The van der Waals surface area contributed by atoms with Crippen molar-refractivity contribution in [2.75, 3.05) is 38.7 Å². The smallest absolute Gasteiger partial charge is 0.416 e. The second kappa shape index (κ2) is 7.53. The number of halogens is 3. The Morgan fingerprint density at radius 1 is 1.24 bits per heavy atom. The largest absolute Gasteiger partial charge is 0.507 e. The number of anilines is 1. The first kappa shape index (κ1) is 19.5. The number of likely N-dealkylation sites (N-methyl/N-ethyl adjacent to an activating group) is 1. The molecule has 3 aromatic rings. The standard InChI is InChI=1S/C19H20F3N5O2/c1-26-7-8-29-11-13(10-26)23-18-25-24-17(15-3-2-6-27(15)18)14-5-4-12(9-16(14)28)19(20,21)22/h2-6,9,13,28H,7-8,10-11H2,1H3,(H,23,25)/t13-/m0/s1. The Morgan fingerprint density at radius 2 is 2.07 bits per heavy atom. The molecule has 1 saturated heterocycles. The van der Waals surface area contributed by atoms with Gasteiger partial charge in [0.05, 0.1) is 30.3 Å². The number of ether oxygens (including phenoxy) is 1. The van der Waals surface area contributed by atoms with E-state index < -0.39 is 17.5 Å². The van der Waals surface area contributed by atoms with E-state index in [2.05, 4.69) is 20.4 Å². The number of aromatic hydroxyl groups is 1. The summed E-state index contributed by atoms with van der Waals surface area (Å²) in [5.74, 6) is -0.0132. The van der Waals surface area contributed by atoms with Gasteiger partial charge in [-0.15, -0.1) is 10.2 Å². The molecular formula is C19H20F3N5O2. The molecule has 0 spiro atoms. The van der Waals surface area contributed by atoms with Crippen LogP contribution >= 0.6 is 0 Å². The van der Waals surface area contributed by atoms with Gasteiger partial charge in [0.2, 0.25) is 5.95 Å². The molecular weight excluding hydrogens is 387 g/mol. The van der Waals surface area contributed by atoms with E-state index in [-0.39, 0.29) is 11.6 Å². The van der Waals surface area contributed by atoms with Gasteiger partial charge in [-0.1, -0.05) is 0 Å². The maximum Gasteiger partial charge on any atom is 0.416 e. The summed E-state index contributed by atoms with van der Waals surface area (Å²) in [4.78, 5) is 2.15. The third-order valence-corrected chi connectivity index (χ3v) is 4.85. The van der Waals surface area contributed by atoms with Crippen LogP contribution < -0.4 is 5.32 Å². The van der Waals surface area contributed by atoms with Crippen LogP contribution in [0.5, 0.6) is 5.75 Å². The number of phenolic OH excluding ortho intramolecular Hbond substituents is 1. The van der Waals surface area contributed by atoms with E-state index in [1.165, 1.54) is 6.07 Å². The summed E-state index contributed by atoms with van der Waals surface area (Å²) in [5.41, 5.74) is 0.161. The third-order valence-electron chi connectivity index (χ3n) is 4.85. The molecule has 1 aliphatic heterocycles. The van der Waals surface area contributed by atoms with Gasteiger partial charge < -0.3 is 20.1 Å². The van der Waals surface area contributed by atoms with E-state index in [1.807, 2.05) is 7.05 Å². The lowest BCUT2D eigenvalue weighted by atomic mass is 10.1. The van der Waals surface area contributed by atoms with Crippen LogP contribution in [-0.4, -0.2) is 64.0 Å². The summed E-state index contributed by atoms with van der Waals surface area (Å²) >= 11 is 0. The zero-order valence-electron chi connectivity index (χ0n) is 15.6. The average Bonchev–Trinajstić information content (AvgIpc) is 3.06. The second-order valence-electron chi connectivity index (χ2n) is 7.04. The topological polar surface area (TPSA) is 74.9 Å². The molecule has 0 amide bonds. The van der Waals surface area contributed by atoms with Gasteiger partial charge in [-0.25, -0.2) is 0 Å². The number of hydrogen-bond acceptors (Lipinski definition) is 6. The first-order valence-electron chi connectivity index (χ1n) is 9.10. The molecule has 7 nitrogen and oxygen atoms in total. The number of aromatic nitrogens is 3. The van der Waals surface area contributed by atoms with Crippen molar-refractivity contribution in [3.63, 3.8) is 0 Å². The van der Waals surface area contributed by atoms with Crippen LogP contribution in [0.25, 0.3) is 16.8 Å². The number of benzene rings is 1. The lowest BCUT2D eigenvalue weighted by Gasteiger charge is -2.21. The summed E-state index contributed by atoms with van der Waals surface area (Å²) in [5, 5.41) is 21.9. The van der Waals surface area contributed by atoms with Gasteiger partial charge >= 0.3 is 6.18 Å². The molecule has 1 aromatic carbocycles. The molecule has 154 valence electrons. The molecule has 0 unspecified atom stereocenters. The third kappa shape index (κ3) is 3.99. The van der Waals surface area contributed by atoms with Crippen LogP contribution in [0.4, 0.5) is 19.1 Å². The van der Waals surface area contributed by atoms with Gasteiger partial charge in [0, 0.05) is 24.8 Å². The molecule has 2 N–H and O–H groups in total. The number of nitrogens with zero attached hydrogens (tertiary/aromatic N) is 4. The van der Waals surface area contributed by atoms with E-state index in [9.17, 15) is 18.3 Å². The van der Waals surface area contributed by atoms with Crippen molar-refractivity contribution >= 4 is 11.5 Å². The van der Waals surface area contributed by atoms with Crippen molar-refractivity contribution in [3.05, 3.63) is 42.1 Å². The van der Waals surface area contributed by atoms with Crippen molar-refractivity contribution in [2.24, 2.45) is 0 Å². The Bertz CT molecular complexity index is 1020. The molecule has 3 heterocycles. The minimum Gasteiger partial charge on any atom is -0.507 e. The summed E-state index contributed by atoms with van der Waals surface area (Å²) in [7, 11) is 2.01. The molecule has 4 rings (SSSR count). The van der Waals surface area contributed by atoms with Crippen molar-refractivity contribution in [2.45, 2.75) is 12.2 Å². The molecule has 2 aromatic heterocycles. The number of phenols is 1. The highest BCUT2D eigenvalue weighted by Gasteiger charge is 2.31. The molecule has 0 bridgehead atoms. The first-order chi connectivity index (χ1) is 13.8. The minimum atomic E-state index is -4.53. The van der Waals surface area contributed by atoms with E-state index >= 15 is 0 Å². The highest BCUT2D eigenvalue weighted by Crippen LogP contribution is 2.37. The summed E-state index contributed by atoms with van der Waals surface area (Å²) < 4.78 is 46.0. The number of alkyl halides is 3. The number of nitrogens with one attached hydrogen (secondary N) is 1. The van der Waals surface area contributed by atoms with E-state index in [1.54, 1.807) is 22.7 Å². The molecule has 1 aliphatic rings. The van der Waals surface area contributed by atoms with Crippen molar-refractivity contribution in [1.82, 2.24) is 19.5 Å². The van der Waals surface area contributed by atoms with E-state index in [0.29, 0.717) is 36.4 Å². The summed E-state index contributed by atoms with van der Waals surface area (Å²) in [6.45, 7) is 2.79. The van der Waals surface area contributed by atoms with Crippen LogP contribution in [0.3, 0.4) is 0 Å². The molecule has 1 fully saturated rings. The highest BCUT2D eigenvalue weighted by molar-refractivity contribution is 5.81. The Balaban J connectivity index is 1.68. The molecule has 29 heavy (non-hydrogen) atoms. The Hall–Kier alpha value is -2.85. The molecule has 1 atom stereocenters. The predicted octanol–water partition coefficient (Wildman–Crippen LogP) is 2.86. The van der Waals surface area contributed by atoms with Gasteiger partial charge in [-0.05, 0) is 37.4 Å². The van der Waals surface area contributed by atoms with Gasteiger partial charge in [0.1, 0.15) is 11.4 Å². The fourth-order valence-corrected chi connectivity index (χ4v) is 3.39. The van der Waals surface area contributed by atoms with Crippen LogP contribution in [0, 0.1) is 0 Å². The fourth-order valence-electron chi connectivity index (χ4n) is 3.39. The second-order valence-corrected chi connectivity index (χ2v) is 7.04. The molecule has 0 saturated carbocycles. The lowest BCUT2D eigenvalue weighted by molar-refractivity contribution is -0.137. The number of fused-ring (bicyclic) bond motifs is 1. The van der Waals surface area contributed by atoms with Crippen LogP contribution in [0.2, 0.25) is 0 Å². The first-order valence-corrected chi connectivity index (χ1v) is 9.10. The van der Waals surface area contributed by atoms with Crippen LogP contribution in [0.1, 0.15) is 5.56 Å². The Labute approximate surface area is 164 Å². The maximum absolute atomic E-state index is 12.9. The fraction of sp³-hybridized carbons (Fsp3) is 0.368. The Kier molecular flexibility index (Phi) is 5.05. The SMILES string of the molecule is CN1CCOC[C@@H](Nc2nnc(-c3ccc(C(F)(F)F)cc3O)c3cccn23)C1. The molecule has 0 radical (unpaired) electrons. The van der Waals surface area contributed by atoms with Crippen molar-refractivity contribution in [1.29, 1.82) is 0 Å². The van der Waals surface area contributed by atoms with E-state index in [4.69, 9.17) is 4.74 Å². The quantitative estimate of drug-likeness (QED) is 0.696. The minimum absolute atomic E-state index is 0.00715. The monoisotopic (exact) mass is 407 g/mol. The van der Waals surface area contributed by atoms with Gasteiger partial charge in [0.25, 0.3) is 0 Å². The molecule has 10 heteroatoms. The van der Waals surface area contributed by atoms with Gasteiger partial charge in [-0.2, -0.15) is 13.2 Å². The number of hydrogen-bond donors (Lipinski definition) is 2. The predicted molar refractivity (Wildman–Crippen MR) is 101 cm³/mol. The van der Waals surface area contributed by atoms with E-state index in [0.717, 1.165) is 19.2 Å². The lowest BCUT2D eigenvalue weighted by Crippen LogP contribution is -2.36.